The first-order valence-corrected chi connectivity index (χ1v) is 8.63. The molecule has 1 rings (SSSR count). The van der Waals surface area contributed by atoms with Crippen LogP contribution in [0.3, 0.4) is 0 Å². The van der Waals surface area contributed by atoms with Gasteiger partial charge in [0, 0.05) is 13.0 Å². The van der Waals surface area contributed by atoms with Gasteiger partial charge in [-0.3, -0.25) is 0 Å². The highest BCUT2D eigenvalue weighted by Crippen LogP contribution is 2.29. The summed E-state index contributed by atoms with van der Waals surface area (Å²) in [7, 11) is -3.63. The lowest BCUT2D eigenvalue weighted by Gasteiger charge is -2.30. The highest BCUT2D eigenvalue weighted by Gasteiger charge is 2.28. The minimum atomic E-state index is -4.30. The number of halogens is 3. The molecule has 2 atom stereocenters. The monoisotopic (exact) mass is 316 g/mol. The number of nitrogens with one attached hydrogen (secondary N) is 1. The predicted molar refractivity (Wildman–Crippen MR) is 71.6 cm³/mol. The number of hydrogen-bond acceptors (Lipinski definition) is 3. The van der Waals surface area contributed by atoms with E-state index in [1.165, 1.54) is 0 Å². The van der Waals surface area contributed by atoms with Gasteiger partial charge < -0.3 is 5.73 Å². The van der Waals surface area contributed by atoms with E-state index in [0.29, 0.717) is 12.5 Å². The second-order valence-corrected chi connectivity index (χ2v) is 7.35. The van der Waals surface area contributed by atoms with E-state index in [2.05, 4.69) is 4.72 Å². The molecule has 0 radical (unpaired) electrons. The molecule has 1 fully saturated rings. The second kappa shape index (κ2) is 7.61. The van der Waals surface area contributed by atoms with Gasteiger partial charge in [0.1, 0.15) is 0 Å². The van der Waals surface area contributed by atoms with E-state index in [9.17, 15) is 21.6 Å². The molecule has 0 saturated heterocycles. The Morgan fingerprint density at radius 2 is 1.75 bits per heavy atom. The van der Waals surface area contributed by atoms with Crippen LogP contribution in [0.5, 0.6) is 0 Å². The maximum Gasteiger partial charge on any atom is 0.389 e. The van der Waals surface area contributed by atoms with Crippen molar-refractivity contribution in [1.29, 1.82) is 0 Å². The summed E-state index contributed by atoms with van der Waals surface area (Å²) < 4.78 is 61.6. The van der Waals surface area contributed by atoms with Crippen molar-refractivity contribution in [1.82, 2.24) is 4.72 Å². The van der Waals surface area contributed by atoms with Crippen molar-refractivity contribution in [2.75, 3.05) is 18.8 Å². The van der Waals surface area contributed by atoms with Gasteiger partial charge in [0.2, 0.25) is 10.0 Å². The van der Waals surface area contributed by atoms with Crippen molar-refractivity contribution in [2.24, 2.45) is 17.6 Å². The van der Waals surface area contributed by atoms with E-state index in [1.807, 2.05) is 0 Å². The summed E-state index contributed by atoms with van der Waals surface area (Å²) in [5, 5.41) is 0. The minimum Gasteiger partial charge on any atom is -0.330 e. The molecule has 0 bridgehead atoms. The van der Waals surface area contributed by atoms with Crippen molar-refractivity contribution in [3.8, 4) is 0 Å². The van der Waals surface area contributed by atoms with Gasteiger partial charge in [-0.25, -0.2) is 13.1 Å². The highest BCUT2D eigenvalue weighted by atomic mass is 32.2. The van der Waals surface area contributed by atoms with Gasteiger partial charge in [0.15, 0.2) is 0 Å². The third-order valence-electron chi connectivity index (χ3n) is 3.81. The zero-order valence-electron chi connectivity index (χ0n) is 11.5. The van der Waals surface area contributed by atoms with Gasteiger partial charge in [0.25, 0.3) is 0 Å². The van der Waals surface area contributed by atoms with Gasteiger partial charge >= 0.3 is 6.18 Å². The molecule has 8 heteroatoms. The zero-order chi connectivity index (χ0) is 15.2. The fraction of sp³-hybridized carbons (Fsp3) is 1.00. The maximum atomic E-state index is 12.0. The van der Waals surface area contributed by atoms with Crippen molar-refractivity contribution >= 4 is 10.0 Å². The summed E-state index contributed by atoms with van der Waals surface area (Å²) in [5.41, 5.74) is 5.66. The Balaban J connectivity index is 2.35. The molecular weight excluding hydrogens is 293 g/mol. The Kier molecular flexibility index (Phi) is 6.74. The highest BCUT2D eigenvalue weighted by molar-refractivity contribution is 7.89. The summed E-state index contributed by atoms with van der Waals surface area (Å²) in [6.45, 7) is 0.816. The molecule has 0 aromatic carbocycles. The van der Waals surface area contributed by atoms with Crippen molar-refractivity contribution in [2.45, 2.75) is 44.7 Å². The van der Waals surface area contributed by atoms with Crippen LogP contribution in [0, 0.1) is 11.8 Å². The van der Waals surface area contributed by atoms with E-state index in [4.69, 9.17) is 5.73 Å². The second-order valence-electron chi connectivity index (χ2n) is 5.43. The minimum absolute atomic E-state index is 0.200. The molecule has 0 aromatic heterocycles. The van der Waals surface area contributed by atoms with Gasteiger partial charge in [-0.1, -0.05) is 12.8 Å². The SMILES string of the molecule is NCC1CCCCC1CNS(=O)(=O)CCCC(F)(F)F. The third kappa shape index (κ3) is 6.90. The maximum absolute atomic E-state index is 12.0. The average molecular weight is 316 g/mol. The van der Waals surface area contributed by atoms with Crippen molar-refractivity contribution in [3.05, 3.63) is 0 Å². The summed E-state index contributed by atoms with van der Waals surface area (Å²) in [5.74, 6) is 0.0275. The lowest BCUT2D eigenvalue weighted by atomic mass is 9.79. The quantitative estimate of drug-likeness (QED) is 0.755. The summed E-state index contributed by atoms with van der Waals surface area (Å²) in [4.78, 5) is 0. The van der Waals surface area contributed by atoms with Crippen LogP contribution in [-0.4, -0.2) is 33.4 Å². The number of hydrogen-bond donors (Lipinski definition) is 2. The smallest absolute Gasteiger partial charge is 0.330 e. The molecule has 0 aromatic rings. The largest absolute Gasteiger partial charge is 0.389 e. The molecule has 3 N–H and O–H groups in total. The van der Waals surface area contributed by atoms with E-state index in [-0.39, 0.29) is 12.5 Å². The van der Waals surface area contributed by atoms with Crippen LogP contribution < -0.4 is 10.5 Å². The predicted octanol–water partition coefficient (Wildman–Crippen LogP) is 2.01. The van der Waals surface area contributed by atoms with Crippen LogP contribution in [0.1, 0.15) is 38.5 Å². The van der Waals surface area contributed by atoms with E-state index in [0.717, 1.165) is 25.7 Å². The molecule has 0 aliphatic heterocycles. The normalized spacial score (nSPS) is 24.8. The lowest BCUT2D eigenvalue weighted by molar-refractivity contribution is -0.134. The fourth-order valence-corrected chi connectivity index (χ4v) is 3.77. The van der Waals surface area contributed by atoms with E-state index >= 15 is 0 Å². The van der Waals surface area contributed by atoms with E-state index < -0.39 is 34.8 Å². The topological polar surface area (TPSA) is 72.2 Å². The Morgan fingerprint density at radius 3 is 2.30 bits per heavy atom. The molecule has 0 amide bonds. The van der Waals surface area contributed by atoms with Crippen LogP contribution in [0.2, 0.25) is 0 Å². The van der Waals surface area contributed by atoms with Crippen molar-refractivity contribution in [3.63, 3.8) is 0 Å². The van der Waals surface area contributed by atoms with Gasteiger partial charge in [-0.2, -0.15) is 13.2 Å². The summed E-state index contributed by atoms with van der Waals surface area (Å²) in [6.07, 6.45) is -1.69. The van der Waals surface area contributed by atoms with Crippen LogP contribution in [0.4, 0.5) is 13.2 Å². The summed E-state index contributed by atoms with van der Waals surface area (Å²) in [6, 6.07) is 0. The van der Waals surface area contributed by atoms with Crippen molar-refractivity contribution < 1.29 is 21.6 Å². The molecule has 120 valence electrons. The first-order chi connectivity index (χ1) is 9.23. The standard InChI is InChI=1S/C12H23F3N2O2S/c13-12(14,15)6-3-7-20(18,19)17-9-11-5-2-1-4-10(11)8-16/h10-11,17H,1-9,16H2. The Morgan fingerprint density at radius 1 is 1.15 bits per heavy atom. The van der Waals surface area contributed by atoms with E-state index in [1.54, 1.807) is 0 Å². The molecule has 0 heterocycles. The molecule has 1 aliphatic rings. The molecular formula is C12H23F3N2O2S. The van der Waals surface area contributed by atoms with Crippen LogP contribution >= 0.6 is 0 Å². The number of sulfonamides is 1. The Hall–Kier alpha value is -0.340. The van der Waals surface area contributed by atoms with Crippen LogP contribution in [0.25, 0.3) is 0 Å². The first-order valence-electron chi connectivity index (χ1n) is 6.97. The Labute approximate surface area is 118 Å². The third-order valence-corrected chi connectivity index (χ3v) is 5.24. The molecule has 1 aliphatic carbocycles. The first kappa shape index (κ1) is 17.7. The number of nitrogens with two attached hydrogens (primary N) is 1. The average Bonchev–Trinajstić information content (AvgIpc) is 2.35. The van der Waals surface area contributed by atoms with Crippen LogP contribution in [0.15, 0.2) is 0 Å². The molecule has 0 spiro atoms. The Bertz CT molecular complexity index is 385. The van der Waals surface area contributed by atoms with Crippen LogP contribution in [-0.2, 0) is 10.0 Å². The molecule has 2 unspecified atom stereocenters. The van der Waals surface area contributed by atoms with Gasteiger partial charge in [-0.05, 0) is 37.6 Å². The fourth-order valence-electron chi connectivity index (χ4n) is 2.63. The number of alkyl halides is 3. The van der Waals surface area contributed by atoms with Gasteiger partial charge in [-0.15, -0.1) is 0 Å². The number of rotatable bonds is 7. The molecule has 20 heavy (non-hydrogen) atoms. The summed E-state index contributed by atoms with van der Waals surface area (Å²) >= 11 is 0. The molecule has 4 nitrogen and oxygen atoms in total. The zero-order valence-corrected chi connectivity index (χ0v) is 12.3. The van der Waals surface area contributed by atoms with Gasteiger partial charge in [0.05, 0.1) is 5.75 Å². The molecule has 1 saturated carbocycles. The lowest BCUT2D eigenvalue weighted by Crippen LogP contribution is -2.37.